The van der Waals surface area contributed by atoms with E-state index in [1.165, 1.54) is 37.1 Å². The molecule has 7 heteroatoms. The van der Waals surface area contributed by atoms with Crippen LogP contribution in [0.25, 0.3) is 5.65 Å². The van der Waals surface area contributed by atoms with Gasteiger partial charge in [0.1, 0.15) is 0 Å². The van der Waals surface area contributed by atoms with Gasteiger partial charge >= 0.3 is 6.01 Å². The third-order valence-electron chi connectivity index (χ3n) is 5.49. The van der Waals surface area contributed by atoms with Crippen LogP contribution in [0.15, 0.2) is 30.5 Å². The molecule has 4 rings (SSSR count). The molecule has 3 aromatic rings. The molecule has 0 atom stereocenters. The lowest BCUT2D eigenvalue weighted by Crippen LogP contribution is -2.21. The van der Waals surface area contributed by atoms with Crippen LogP contribution in [0.2, 0.25) is 0 Å². The Labute approximate surface area is 171 Å². The van der Waals surface area contributed by atoms with Crippen LogP contribution in [-0.2, 0) is 12.8 Å². The van der Waals surface area contributed by atoms with Crippen molar-refractivity contribution in [2.45, 2.75) is 45.4 Å². The highest BCUT2D eigenvalue weighted by Crippen LogP contribution is 2.18. The second kappa shape index (κ2) is 9.22. The summed E-state index contributed by atoms with van der Waals surface area (Å²) in [6, 6.07) is 9.17. The molecule has 0 aliphatic carbocycles. The molecular weight excluding hydrogens is 364 g/mol. The predicted octanol–water partition coefficient (Wildman–Crippen LogP) is 3.11. The number of aromatic nitrogens is 4. The first-order valence-corrected chi connectivity index (χ1v) is 10.7. The Morgan fingerprint density at radius 3 is 2.62 bits per heavy atom. The molecule has 0 spiro atoms. The van der Waals surface area contributed by atoms with E-state index >= 15 is 0 Å². The lowest BCUT2D eigenvalue weighted by molar-refractivity contribution is 0.280. The second-order valence-electron chi connectivity index (χ2n) is 7.76. The number of ether oxygens (including phenoxy) is 1. The number of unbranched alkanes of at least 4 members (excludes halogenated alkanes) is 1. The minimum atomic E-state index is 0.306. The summed E-state index contributed by atoms with van der Waals surface area (Å²) in [6.45, 7) is 6.37. The smallest absolute Gasteiger partial charge is 0.336 e. The van der Waals surface area contributed by atoms with E-state index in [-0.39, 0.29) is 0 Å². The van der Waals surface area contributed by atoms with E-state index in [0.717, 1.165) is 37.9 Å². The van der Waals surface area contributed by atoms with Crippen LogP contribution in [0.5, 0.6) is 6.01 Å². The maximum Gasteiger partial charge on any atom is 0.336 e. The molecule has 1 aliphatic rings. The molecule has 1 aliphatic heterocycles. The van der Waals surface area contributed by atoms with Gasteiger partial charge in [0.2, 0.25) is 0 Å². The van der Waals surface area contributed by atoms with Crippen molar-refractivity contribution in [2.75, 3.05) is 32.0 Å². The molecular formula is C22H30N6O. The van der Waals surface area contributed by atoms with E-state index in [0.29, 0.717) is 24.1 Å². The quantitative estimate of drug-likeness (QED) is 0.562. The largest absolute Gasteiger partial charge is 0.462 e. The molecule has 0 radical (unpaired) electrons. The molecule has 154 valence electrons. The zero-order valence-electron chi connectivity index (χ0n) is 17.2. The van der Waals surface area contributed by atoms with Crippen molar-refractivity contribution >= 4 is 11.5 Å². The van der Waals surface area contributed by atoms with Gasteiger partial charge in [-0.3, -0.25) is 0 Å². The summed E-state index contributed by atoms with van der Waals surface area (Å²) in [5.41, 5.74) is 10.2. The SMILES string of the molecule is CCCCOc1nc(N)c2ncc(Cc3ccc(CCN4CCCC4)cc3)n2n1. The van der Waals surface area contributed by atoms with Crippen molar-refractivity contribution in [2.24, 2.45) is 0 Å². The van der Waals surface area contributed by atoms with Gasteiger partial charge in [-0.1, -0.05) is 37.6 Å². The lowest BCUT2D eigenvalue weighted by Gasteiger charge is -2.14. The average Bonchev–Trinajstić information content (AvgIpc) is 3.38. The fraction of sp³-hybridized carbons (Fsp3) is 0.500. The summed E-state index contributed by atoms with van der Waals surface area (Å²) in [5.74, 6) is 0.343. The minimum absolute atomic E-state index is 0.306. The van der Waals surface area contributed by atoms with Gasteiger partial charge in [-0.2, -0.15) is 4.98 Å². The first-order chi connectivity index (χ1) is 14.2. The van der Waals surface area contributed by atoms with Crippen molar-refractivity contribution in [1.29, 1.82) is 0 Å². The molecule has 0 bridgehead atoms. The summed E-state index contributed by atoms with van der Waals surface area (Å²) < 4.78 is 7.39. The molecule has 1 fully saturated rings. The Balaban J connectivity index is 1.44. The number of likely N-dealkylation sites (tertiary alicyclic amines) is 1. The number of benzene rings is 1. The molecule has 3 heterocycles. The van der Waals surface area contributed by atoms with Crippen LogP contribution in [0.3, 0.4) is 0 Å². The normalized spacial score (nSPS) is 14.7. The van der Waals surface area contributed by atoms with Crippen LogP contribution < -0.4 is 10.5 Å². The Bertz CT molecular complexity index is 930. The monoisotopic (exact) mass is 394 g/mol. The molecule has 0 unspecified atom stereocenters. The number of rotatable bonds is 9. The molecule has 1 aromatic carbocycles. The van der Waals surface area contributed by atoms with E-state index in [1.54, 1.807) is 4.52 Å². The van der Waals surface area contributed by atoms with Crippen molar-refractivity contribution < 1.29 is 4.74 Å². The molecule has 0 saturated carbocycles. The number of hydrogen-bond acceptors (Lipinski definition) is 6. The first-order valence-electron chi connectivity index (χ1n) is 10.7. The van der Waals surface area contributed by atoms with Crippen LogP contribution in [0.4, 0.5) is 5.82 Å². The summed E-state index contributed by atoms with van der Waals surface area (Å²) in [5, 5.41) is 4.49. The van der Waals surface area contributed by atoms with Crippen LogP contribution in [0, 0.1) is 0 Å². The zero-order valence-corrected chi connectivity index (χ0v) is 17.2. The van der Waals surface area contributed by atoms with Gasteiger partial charge in [0.25, 0.3) is 0 Å². The third-order valence-corrected chi connectivity index (χ3v) is 5.49. The minimum Gasteiger partial charge on any atom is -0.462 e. The summed E-state index contributed by atoms with van der Waals surface area (Å²) in [4.78, 5) is 11.2. The number of nitrogens with zero attached hydrogens (tertiary/aromatic N) is 5. The van der Waals surface area contributed by atoms with Gasteiger partial charge in [-0.15, -0.1) is 5.10 Å². The number of anilines is 1. The highest BCUT2D eigenvalue weighted by atomic mass is 16.5. The Morgan fingerprint density at radius 1 is 1.10 bits per heavy atom. The van der Waals surface area contributed by atoms with Gasteiger partial charge in [0, 0.05) is 13.0 Å². The number of nitrogens with two attached hydrogens (primary N) is 1. The van der Waals surface area contributed by atoms with Crippen molar-refractivity contribution in [3.63, 3.8) is 0 Å². The van der Waals surface area contributed by atoms with Gasteiger partial charge in [0.05, 0.1) is 18.5 Å². The highest BCUT2D eigenvalue weighted by Gasteiger charge is 2.13. The van der Waals surface area contributed by atoms with E-state index in [2.05, 4.69) is 51.2 Å². The maximum atomic E-state index is 6.05. The van der Waals surface area contributed by atoms with E-state index in [1.807, 2.05) is 6.20 Å². The fourth-order valence-electron chi connectivity index (χ4n) is 3.74. The molecule has 29 heavy (non-hydrogen) atoms. The van der Waals surface area contributed by atoms with Gasteiger partial charge in [0.15, 0.2) is 11.5 Å². The molecule has 7 nitrogen and oxygen atoms in total. The Kier molecular flexibility index (Phi) is 6.24. The second-order valence-corrected chi connectivity index (χ2v) is 7.76. The standard InChI is InChI=1S/C22H30N6O/c1-2-3-14-29-22-25-20(23)21-24-16-19(28(21)26-22)15-18-8-6-17(7-9-18)10-13-27-11-4-5-12-27/h6-9,16H,2-5,10-15H2,1H3,(H2,23,25,26). The summed E-state index contributed by atoms with van der Waals surface area (Å²) in [7, 11) is 0. The summed E-state index contributed by atoms with van der Waals surface area (Å²) in [6.07, 6.45) is 8.37. The Morgan fingerprint density at radius 2 is 1.86 bits per heavy atom. The van der Waals surface area contributed by atoms with Gasteiger partial charge in [-0.25, -0.2) is 9.50 Å². The van der Waals surface area contributed by atoms with Crippen LogP contribution >= 0.6 is 0 Å². The third kappa shape index (κ3) is 4.85. The maximum absolute atomic E-state index is 6.05. The van der Waals surface area contributed by atoms with Crippen molar-refractivity contribution in [3.05, 3.63) is 47.3 Å². The number of imidazole rings is 1. The highest BCUT2D eigenvalue weighted by molar-refractivity contribution is 5.59. The molecule has 0 amide bonds. The van der Waals surface area contributed by atoms with Crippen molar-refractivity contribution in [1.82, 2.24) is 24.5 Å². The summed E-state index contributed by atoms with van der Waals surface area (Å²) >= 11 is 0. The average molecular weight is 395 g/mol. The number of fused-ring (bicyclic) bond motifs is 1. The first kappa shape index (κ1) is 19.6. The zero-order chi connectivity index (χ0) is 20.1. The fourth-order valence-corrected chi connectivity index (χ4v) is 3.74. The number of hydrogen-bond donors (Lipinski definition) is 1. The lowest BCUT2D eigenvalue weighted by atomic mass is 10.1. The molecule has 1 saturated heterocycles. The van der Waals surface area contributed by atoms with E-state index < -0.39 is 0 Å². The van der Waals surface area contributed by atoms with Gasteiger partial charge < -0.3 is 15.4 Å². The Hall–Kier alpha value is -2.67. The van der Waals surface area contributed by atoms with E-state index in [9.17, 15) is 0 Å². The van der Waals surface area contributed by atoms with Crippen LogP contribution in [0.1, 0.15) is 49.4 Å². The van der Waals surface area contributed by atoms with Crippen LogP contribution in [-0.4, -0.2) is 50.7 Å². The van der Waals surface area contributed by atoms with Gasteiger partial charge in [-0.05, 0) is 49.9 Å². The number of nitrogen functional groups attached to an aromatic ring is 1. The van der Waals surface area contributed by atoms with E-state index in [4.69, 9.17) is 10.5 Å². The predicted molar refractivity (Wildman–Crippen MR) is 114 cm³/mol. The molecule has 2 N–H and O–H groups in total. The molecule has 2 aromatic heterocycles. The van der Waals surface area contributed by atoms with Crippen molar-refractivity contribution in [3.8, 4) is 6.01 Å². The topological polar surface area (TPSA) is 81.6 Å².